The van der Waals surface area contributed by atoms with Gasteiger partial charge in [0.25, 0.3) is 0 Å². The summed E-state index contributed by atoms with van der Waals surface area (Å²) in [4.78, 5) is 24.7. The summed E-state index contributed by atoms with van der Waals surface area (Å²) >= 11 is 0. The van der Waals surface area contributed by atoms with Crippen LogP contribution in [0, 0.1) is 5.92 Å². The Balaban J connectivity index is 1.98. The highest BCUT2D eigenvalue weighted by Gasteiger charge is 2.40. The number of urea groups is 1. The molecule has 0 bridgehead atoms. The first-order valence-corrected chi connectivity index (χ1v) is 7.51. The summed E-state index contributed by atoms with van der Waals surface area (Å²) in [6.45, 7) is 2.22. The van der Waals surface area contributed by atoms with Crippen molar-refractivity contribution in [2.75, 3.05) is 6.54 Å². The van der Waals surface area contributed by atoms with Gasteiger partial charge in [-0.2, -0.15) is 0 Å². The summed E-state index contributed by atoms with van der Waals surface area (Å²) < 4.78 is 0. The maximum absolute atomic E-state index is 12.3. The van der Waals surface area contributed by atoms with Gasteiger partial charge in [0.15, 0.2) is 0 Å². The van der Waals surface area contributed by atoms with E-state index in [0.717, 1.165) is 25.7 Å². The summed E-state index contributed by atoms with van der Waals surface area (Å²) in [5.74, 6) is -0.573. The van der Waals surface area contributed by atoms with Gasteiger partial charge in [0.1, 0.15) is 6.04 Å². The van der Waals surface area contributed by atoms with E-state index in [2.05, 4.69) is 12.2 Å². The lowest BCUT2D eigenvalue weighted by molar-refractivity contribution is -0.141. The van der Waals surface area contributed by atoms with E-state index >= 15 is 0 Å². The van der Waals surface area contributed by atoms with Crippen LogP contribution in [0.3, 0.4) is 0 Å². The molecule has 2 rings (SSSR count). The monoisotopic (exact) mass is 284 g/mol. The highest BCUT2D eigenvalue weighted by atomic mass is 16.4. The van der Waals surface area contributed by atoms with Gasteiger partial charge in [-0.25, -0.2) is 9.59 Å². The number of nitrogens with zero attached hydrogens (tertiary/aromatic N) is 1. The largest absolute Gasteiger partial charge is 0.480 e. The lowest BCUT2D eigenvalue weighted by atomic mass is 9.83. The van der Waals surface area contributed by atoms with Gasteiger partial charge in [-0.1, -0.05) is 26.2 Å². The minimum atomic E-state index is -1.05. The molecule has 1 heterocycles. The first-order chi connectivity index (χ1) is 9.52. The highest BCUT2D eigenvalue weighted by molar-refractivity contribution is 5.83. The number of aliphatic carboxylic acids is 1. The summed E-state index contributed by atoms with van der Waals surface area (Å²) in [5.41, 5.74) is 0. The van der Waals surface area contributed by atoms with Crippen molar-refractivity contribution in [2.45, 2.75) is 63.6 Å². The van der Waals surface area contributed by atoms with E-state index in [4.69, 9.17) is 5.11 Å². The van der Waals surface area contributed by atoms with Crippen LogP contribution >= 0.6 is 0 Å². The Bertz CT molecular complexity index is 374. The Labute approximate surface area is 119 Å². The van der Waals surface area contributed by atoms with Crippen LogP contribution in [0.5, 0.6) is 0 Å². The van der Waals surface area contributed by atoms with Gasteiger partial charge in [0.05, 0.1) is 6.10 Å². The van der Waals surface area contributed by atoms with Crippen LogP contribution in [0.2, 0.25) is 0 Å². The molecular weight excluding hydrogens is 260 g/mol. The first-order valence-electron chi connectivity index (χ1n) is 7.51. The fourth-order valence-corrected chi connectivity index (χ4v) is 3.40. The van der Waals surface area contributed by atoms with Crippen molar-refractivity contribution in [3.63, 3.8) is 0 Å². The number of hydrogen-bond donors (Lipinski definition) is 3. The van der Waals surface area contributed by atoms with Gasteiger partial charge >= 0.3 is 12.0 Å². The summed E-state index contributed by atoms with van der Waals surface area (Å²) in [6.07, 6.45) is 4.78. The van der Waals surface area contributed by atoms with Crippen LogP contribution in [-0.2, 0) is 4.79 Å². The number of carboxylic acids is 1. The molecule has 6 nitrogen and oxygen atoms in total. The number of nitrogens with one attached hydrogen (secondary N) is 1. The SMILES string of the molecule is CCC1CCCCC1NC(=O)N1CC(O)C[C@H]1C(=O)O. The Morgan fingerprint density at radius 2 is 2.00 bits per heavy atom. The van der Waals surface area contributed by atoms with Crippen LogP contribution < -0.4 is 5.32 Å². The van der Waals surface area contributed by atoms with Crippen LogP contribution in [0.15, 0.2) is 0 Å². The molecule has 6 heteroatoms. The van der Waals surface area contributed by atoms with Crippen molar-refractivity contribution >= 4 is 12.0 Å². The molecule has 3 unspecified atom stereocenters. The average Bonchev–Trinajstić information content (AvgIpc) is 2.82. The molecule has 0 aromatic heterocycles. The van der Waals surface area contributed by atoms with Gasteiger partial charge in [0.2, 0.25) is 0 Å². The molecule has 0 spiro atoms. The quantitative estimate of drug-likeness (QED) is 0.726. The molecule has 0 aromatic carbocycles. The number of likely N-dealkylation sites (tertiary alicyclic amines) is 1. The smallest absolute Gasteiger partial charge is 0.326 e. The second-order valence-corrected chi connectivity index (χ2v) is 5.90. The summed E-state index contributed by atoms with van der Waals surface area (Å²) in [6, 6.07) is -1.12. The Kier molecular flexibility index (Phi) is 4.86. The fourth-order valence-electron chi connectivity index (χ4n) is 3.40. The molecule has 1 saturated heterocycles. The van der Waals surface area contributed by atoms with E-state index < -0.39 is 18.1 Å². The number of hydrogen-bond acceptors (Lipinski definition) is 3. The number of carbonyl (C=O) groups is 2. The highest BCUT2D eigenvalue weighted by Crippen LogP contribution is 2.27. The number of rotatable bonds is 3. The molecule has 0 aromatic rings. The molecule has 1 aliphatic carbocycles. The predicted octanol–water partition coefficient (Wildman–Crippen LogP) is 1.18. The van der Waals surface area contributed by atoms with Gasteiger partial charge in [-0.15, -0.1) is 0 Å². The molecule has 3 N–H and O–H groups in total. The van der Waals surface area contributed by atoms with Gasteiger partial charge in [-0.05, 0) is 18.8 Å². The Morgan fingerprint density at radius 3 is 2.65 bits per heavy atom. The van der Waals surface area contributed by atoms with Crippen molar-refractivity contribution < 1.29 is 19.8 Å². The van der Waals surface area contributed by atoms with Crippen LogP contribution in [0.4, 0.5) is 4.79 Å². The Morgan fingerprint density at radius 1 is 1.30 bits per heavy atom. The van der Waals surface area contributed by atoms with Crippen molar-refractivity contribution in [3.05, 3.63) is 0 Å². The van der Waals surface area contributed by atoms with E-state index in [-0.39, 0.29) is 25.0 Å². The maximum atomic E-state index is 12.3. The normalized spacial score (nSPS) is 34.0. The minimum absolute atomic E-state index is 0.103. The topological polar surface area (TPSA) is 89.9 Å². The van der Waals surface area contributed by atoms with Crippen molar-refractivity contribution in [2.24, 2.45) is 5.92 Å². The number of carbonyl (C=O) groups excluding carboxylic acids is 1. The standard InChI is InChI=1S/C14H24N2O4/c1-2-9-5-3-4-6-11(9)15-14(20)16-8-10(17)7-12(16)13(18)19/h9-12,17H,2-8H2,1H3,(H,15,20)(H,18,19)/t9?,10?,11?,12-/m0/s1. The third kappa shape index (κ3) is 3.23. The summed E-state index contributed by atoms with van der Waals surface area (Å²) in [5, 5.41) is 21.7. The van der Waals surface area contributed by atoms with E-state index in [9.17, 15) is 14.7 Å². The van der Waals surface area contributed by atoms with Crippen LogP contribution in [0.1, 0.15) is 45.4 Å². The second-order valence-electron chi connectivity index (χ2n) is 5.90. The molecule has 1 aliphatic heterocycles. The average molecular weight is 284 g/mol. The van der Waals surface area contributed by atoms with Crippen molar-refractivity contribution in [1.29, 1.82) is 0 Å². The molecule has 2 amide bonds. The van der Waals surface area contributed by atoms with Crippen LogP contribution in [-0.4, -0.2) is 51.8 Å². The zero-order chi connectivity index (χ0) is 14.7. The second kappa shape index (κ2) is 6.43. The van der Waals surface area contributed by atoms with E-state index in [1.807, 2.05) is 0 Å². The molecular formula is C14H24N2O4. The van der Waals surface area contributed by atoms with Gasteiger partial charge in [0, 0.05) is 19.0 Å². The van der Waals surface area contributed by atoms with Crippen molar-refractivity contribution in [3.8, 4) is 0 Å². The van der Waals surface area contributed by atoms with Gasteiger partial charge in [-0.3, -0.25) is 0 Å². The maximum Gasteiger partial charge on any atom is 0.326 e. The van der Waals surface area contributed by atoms with Gasteiger partial charge < -0.3 is 20.4 Å². The number of aliphatic hydroxyl groups is 1. The first kappa shape index (κ1) is 15.1. The fraction of sp³-hybridized carbons (Fsp3) is 0.857. The molecule has 20 heavy (non-hydrogen) atoms. The van der Waals surface area contributed by atoms with E-state index in [0.29, 0.717) is 5.92 Å². The minimum Gasteiger partial charge on any atom is -0.480 e. The molecule has 114 valence electrons. The number of carboxylic acid groups (broad SMARTS) is 1. The van der Waals surface area contributed by atoms with Crippen molar-refractivity contribution in [1.82, 2.24) is 10.2 Å². The molecule has 4 atom stereocenters. The van der Waals surface area contributed by atoms with Crippen LogP contribution in [0.25, 0.3) is 0 Å². The predicted molar refractivity (Wildman–Crippen MR) is 73.3 cm³/mol. The third-order valence-electron chi connectivity index (χ3n) is 4.57. The van der Waals surface area contributed by atoms with E-state index in [1.54, 1.807) is 0 Å². The number of aliphatic hydroxyl groups excluding tert-OH is 1. The molecule has 0 radical (unpaired) electrons. The van der Waals surface area contributed by atoms with E-state index in [1.165, 1.54) is 11.3 Å². The lowest BCUT2D eigenvalue weighted by Crippen LogP contribution is -2.51. The number of β-amino-alcohol motifs (C(OH)–C–C–N with tert-alkyl or cyclic N) is 1. The molecule has 2 aliphatic rings. The summed E-state index contributed by atoms with van der Waals surface area (Å²) in [7, 11) is 0. The zero-order valence-electron chi connectivity index (χ0n) is 11.9. The zero-order valence-corrected chi connectivity index (χ0v) is 11.9. The lowest BCUT2D eigenvalue weighted by Gasteiger charge is -2.33. The molecule has 2 fully saturated rings. The third-order valence-corrected chi connectivity index (χ3v) is 4.57. The molecule has 1 saturated carbocycles. The Hall–Kier alpha value is -1.30. The number of amides is 2.